The number of ether oxygens (including phenoxy) is 6. The lowest BCUT2D eigenvalue weighted by molar-refractivity contribution is -0.332. The first-order valence-corrected chi connectivity index (χ1v) is 33.1. The fourth-order valence-corrected chi connectivity index (χ4v) is 11.0. The molecule has 0 amide bonds. The van der Waals surface area contributed by atoms with Crippen molar-refractivity contribution in [1.82, 2.24) is 0 Å². The molecule has 0 aromatic rings. The average molecular weight is 1130 g/mol. The van der Waals surface area contributed by atoms with Crippen LogP contribution in [0.2, 0.25) is 0 Å². The summed E-state index contributed by atoms with van der Waals surface area (Å²) in [5.74, 6) is -0.898. The smallest absolute Gasteiger partial charge is 0.306 e. The van der Waals surface area contributed by atoms with Crippen LogP contribution in [-0.4, -0.2) is 142 Å². The summed E-state index contributed by atoms with van der Waals surface area (Å²) in [6.45, 7) is 2.69. The molecule has 0 aliphatic carbocycles. The number of hydrogen-bond acceptors (Lipinski definition) is 15. The molecule has 0 aromatic carbocycles. The van der Waals surface area contributed by atoms with Crippen LogP contribution in [-0.2, 0) is 38.0 Å². The molecule has 2 saturated heterocycles. The zero-order chi connectivity index (χ0) is 57.4. The SMILES string of the molecule is CCCCCCCCCCCCCCCCCCCCCCCCCC(=O)O[C@H](COC(=O)CCCCCCCCCCCCCCCCCCCCCC)CO[C@H]1O[C@@H](CO[C@H]2O[C@@H](CO)[C@@H](O)C(O)C2O)[C@@H](O)C(O)C1O. The lowest BCUT2D eigenvalue weighted by Crippen LogP contribution is -2.61. The largest absolute Gasteiger partial charge is 0.462 e. The highest BCUT2D eigenvalue weighted by Gasteiger charge is 2.47. The highest BCUT2D eigenvalue weighted by Crippen LogP contribution is 2.27. The fourth-order valence-electron chi connectivity index (χ4n) is 11.0. The summed E-state index contributed by atoms with van der Waals surface area (Å²) < 4.78 is 33.8. The Hall–Kier alpha value is -1.50. The van der Waals surface area contributed by atoms with Crippen LogP contribution >= 0.6 is 0 Å². The van der Waals surface area contributed by atoms with Crippen molar-refractivity contribution in [3.05, 3.63) is 0 Å². The Morgan fingerprint density at radius 1 is 0.354 bits per heavy atom. The fraction of sp³-hybridized carbons (Fsp3) is 0.969. The summed E-state index contributed by atoms with van der Waals surface area (Å²) in [5, 5.41) is 72.5. The second-order valence-corrected chi connectivity index (χ2v) is 23.7. The third kappa shape index (κ3) is 37.4. The van der Waals surface area contributed by atoms with Gasteiger partial charge in [0.1, 0.15) is 55.4 Å². The Morgan fingerprint density at radius 2 is 0.646 bits per heavy atom. The molecule has 0 saturated carbocycles. The van der Waals surface area contributed by atoms with Gasteiger partial charge >= 0.3 is 11.9 Å². The molecule has 79 heavy (non-hydrogen) atoms. The van der Waals surface area contributed by atoms with E-state index >= 15 is 0 Å². The minimum Gasteiger partial charge on any atom is -0.462 e. The van der Waals surface area contributed by atoms with E-state index < -0.39 is 92.7 Å². The molecule has 15 heteroatoms. The van der Waals surface area contributed by atoms with Gasteiger partial charge in [0.05, 0.1) is 19.8 Å². The van der Waals surface area contributed by atoms with Crippen LogP contribution in [0.4, 0.5) is 0 Å². The molecular formula is C64H122O15. The number of carbonyl (C=O) groups excluding carboxylic acids is 2. The maximum atomic E-state index is 13.1. The molecule has 2 heterocycles. The molecule has 15 nitrogen and oxygen atoms in total. The lowest BCUT2D eigenvalue weighted by Gasteiger charge is -2.42. The number of carbonyl (C=O) groups is 2. The molecule has 0 radical (unpaired) electrons. The van der Waals surface area contributed by atoms with Gasteiger partial charge in [-0.2, -0.15) is 0 Å². The Balaban J connectivity index is 1.68. The molecule has 2 rings (SSSR count). The monoisotopic (exact) mass is 1130 g/mol. The van der Waals surface area contributed by atoms with E-state index in [9.17, 15) is 45.3 Å². The minimum absolute atomic E-state index is 0.174. The van der Waals surface area contributed by atoms with Gasteiger partial charge in [-0.3, -0.25) is 9.59 Å². The minimum atomic E-state index is -1.76. The molecule has 2 aliphatic rings. The summed E-state index contributed by atoms with van der Waals surface area (Å²) in [6, 6.07) is 0. The van der Waals surface area contributed by atoms with Crippen LogP contribution in [0.3, 0.4) is 0 Å². The first-order valence-electron chi connectivity index (χ1n) is 33.1. The van der Waals surface area contributed by atoms with Gasteiger partial charge in [-0.15, -0.1) is 0 Å². The van der Waals surface area contributed by atoms with Crippen molar-refractivity contribution in [2.24, 2.45) is 0 Å². The maximum Gasteiger partial charge on any atom is 0.306 e. The molecule has 0 aromatic heterocycles. The topological polar surface area (TPSA) is 231 Å². The number of aliphatic hydroxyl groups excluding tert-OH is 7. The summed E-state index contributed by atoms with van der Waals surface area (Å²) in [6.07, 6.45) is 38.4. The van der Waals surface area contributed by atoms with Gasteiger partial charge < -0.3 is 64.2 Å². The molecule has 0 spiro atoms. The van der Waals surface area contributed by atoms with Gasteiger partial charge in [0.15, 0.2) is 18.7 Å². The third-order valence-electron chi connectivity index (χ3n) is 16.3. The third-order valence-corrected chi connectivity index (χ3v) is 16.3. The van der Waals surface area contributed by atoms with E-state index in [4.69, 9.17) is 28.4 Å². The van der Waals surface area contributed by atoms with Gasteiger partial charge in [0.2, 0.25) is 0 Å². The molecular weight excluding hydrogens is 1010 g/mol. The van der Waals surface area contributed by atoms with Crippen molar-refractivity contribution in [2.75, 3.05) is 26.4 Å². The first kappa shape index (κ1) is 73.6. The highest BCUT2D eigenvalue weighted by atomic mass is 16.7. The van der Waals surface area contributed by atoms with Gasteiger partial charge in [-0.1, -0.05) is 277 Å². The van der Waals surface area contributed by atoms with Crippen molar-refractivity contribution in [3.8, 4) is 0 Å². The molecule has 0 bridgehead atoms. The molecule has 468 valence electrons. The highest BCUT2D eigenvalue weighted by molar-refractivity contribution is 5.70. The standard InChI is InChI=1S/C64H122O15/c1-3-5-7-9-11-13-15-17-19-21-23-25-26-27-29-31-33-35-37-39-41-43-45-47-56(67)77-52(49-74-55(66)46-44-42-40-38-36-34-32-30-28-24-22-20-18-16-14-12-10-8-6-4-2)50-75-63-62(73)60(71)58(69)54(79-63)51-76-64-61(72)59(70)57(68)53(48-65)78-64/h52-54,57-65,68-73H,3-51H2,1-2H3/t52-,53+,54+,57-,58-,59?,60?,61?,62?,63+,64+/m1/s1. The lowest BCUT2D eigenvalue weighted by atomic mass is 9.98. The van der Waals surface area contributed by atoms with Crippen LogP contribution in [0, 0.1) is 0 Å². The Bertz CT molecular complexity index is 1370. The molecule has 2 fully saturated rings. The Kier molecular flexibility index (Phi) is 47.5. The van der Waals surface area contributed by atoms with Crippen LogP contribution in [0.25, 0.3) is 0 Å². The van der Waals surface area contributed by atoms with Crippen molar-refractivity contribution >= 4 is 11.9 Å². The van der Waals surface area contributed by atoms with E-state index in [1.807, 2.05) is 0 Å². The number of esters is 2. The van der Waals surface area contributed by atoms with E-state index in [1.165, 1.54) is 225 Å². The predicted octanol–water partition coefficient (Wildman–Crippen LogP) is 12.7. The Labute approximate surface area is 480 Å². The second kappa shape index (κ2) is 51.0. The summed E-state index contributed by atoms with van der Waals surface area (Å²) in [4.78, 5) is 26.0. The normalized spacial score (nSPS) is 23.8. The number of hydrogen-bond donors (Lipinski definition) is 7. The van der Waals surface area contributed by atoms with Gasteiger partial charge in [-0.05, 0) is 12.8 Å². The van der Waals surface area contributed by atoms with Crippen LogP contribution in [0.1, 0.15) is 303 Å². The molecule has 7 N–H and O–H groups in total. The van der Waals surface area contributed by atoms with Crippen LogP contribution in [0.5, 0.6) is 0 Å². The van der Waals surface area contributed by atoms with E-state index in [0.29, 0.717) is 12.8 Å². The molecule has 2 aliphatic heterocycles. The van der Waals surface area contributed by atoms with Crippen LogP contribution in [0.15, 0.2) is 0 Å². The zero-order valence-electron chi connectivity index (χ0n) is 50.4. The van der Waals surface area contributed by atoms with E-state index in [1.54, 1.807) is 0 Å². The average Bonchev–Trinajstić information content (AvgIpc) is 3.53. The van der Waals surface area contributed by atoms with Crippen molar-refractivity contribution < 1.29 is 73.8 Å². The van der Waals surface area contributed by atoms with E-state index in [2.05, 4.69) is 13.8 Å². The maximum absolute atomic E-state index is 13.1. The van der Waals surface area contributed by atoms with E-state index in [-0.39, 0.29) is 26.1 Å². The van der Waals surface area contributed by atoms with E-state index in [0.717, 1.165) is 38.5 Å². The quantitative estimate of drug-likeness (QED) is 0.0222. The number of unbranched alkanes of at least 4 members (excludes halogenated alkanes) is 41. The summed E-state index contributed by atoms with van der Waals surface area (Å²) in [7, 11) is 0. The number of aliphatic hydroxyl groups is 7. The Morgan fingerprint density at radius 3 is 0.987 bits per heavy atom. The molecule has 11 atom stereocenters. The summed E-state index contributed by atoms with van der Waals surface area (Å²) >= 11 is 0. The van der Waals surface area contributed by atoms with Crippen LogP contribution < -0.4 is 0 Å². The van der Waals surface area contributed by atoms with Crippen molar-refractivity contribution in [3.63, 3.8) is 0 Å². The zero-order valence-corrected chi connectivity index (χ0v) is 50.4. The molecule has 4 unspecified atom stereocenters. The van der Waals surface area contributed by atoms with Gasteiger partial charge in [0.25, 0.3) is 0 Å². The van der Waals surface area contributed by atoms with Crippen molar-refractivity contribution in [1.29, 1.82) is 0 Å². The second-order valence-electron chi connectivity index (χ2n) is 23.7. The van der Waals surface area contributed by atoms with Gasteiger partial charge in [0, 0.05) is 12.8 Å². The number of rotatable bonds is 55. The first-order chi connectivity index (χ1) is 38.5. The predicted molar refractivity (Wildman–Crippen MR) is 312 cm³/mol. The van der Waals surface area contributed by atoms with Crippen molar-refractivity contribution in [2.45, 2.75) is 370 Å². The summed E-state index contributed by atoms with van der Waals surface area (Å²) in [5.41, 5.74) is 0. The van der Waals surface area contributed by atoms with Gasteiger partial charge in [-0.25, -0.2) is 0 Å².